The van der Waals surface area contributed by atoms with Crippen molar-refractivity contribution in [1.29, 1.82) is 0 Å². The zero-order chi connectivity index (χ0) is 13.9. The lowest BCUT2D eigenvalue weighted by atomic mass is 10.3. The minimum absolute atomic E-state index is 0.102. The fourth-order valence-corrected chi connectivity index (χ4v) is 3.02. The van der Waals surface area contributed by atoms with E-state index >= 15 is 0 Å². The highest BCUT2D eigenvalue weighted by Crippen LogP contribution is 2.20. The number of aromatic amines is 1. The molecule has 1 heterocycles. The van der Waals surface area contributed by atoms with E-state index in [4.69, 9.17) is 5.11 Å². The number of hydrogen-bond donors (Lipinski definition) is 3. The minimum Gasteiger partial charge on any atom is -0.390 e. The molecule has 0 aliphatic heterocycles. The van der Waals surface area contributed by atoms with Gasteiger partial charge < -0.3 is 10.1 Å². The summed E-state index contributed by atoms with van der Waals surface area (Å²) in [5, 5.41) is 8.92. The molecule has 0 spiro atoms. The largest absolute Gasteiger partial charge is 0.390 e. The zero-order valence-corrected chi connectivity index (χ0v) is 11.9. The highest BCUT2D eigenvalue weighted by atomic mass is 32.2. The number of benzene rings is 1. The first-order valence-corrected chi connectivity index (χ1v) is 8.21. The van der Waals surface area contributed by atoms with Gasteiger partial charge in [-0.1, -0.05) is 0 Å². The van der Waals surface area contributed by atoms with Crippen molar-refractivity contribution >= 4 is 27.5 Å². The van der Waals surface area contributed by atoms with Crippen molar-refractivity contribution in [2.75, 3.05) is 11.0 Å². The summed E-state index contributed by atoms with van der Waals surface area (Å²) in [6, 6.07) is 8.52. The molecule has 2 rings (SSSR count). The molecule has 0 amide bonds. The Morgan fingerprint density at radius 2 is 2.00 bits per heavy atom. The standard InChI is InChI=1S/C12H14N2O3S2/c1-18-11-4-2-9(3-5-11)14-19(16,17)12-6-10(8-15)13-7-12/h2-7,13-15H,8H2,1H3. The monoisotopic (exact) mass is 298 g/mol. The molecule has 0 unspecified atom stereocenters. The van der Waals surface area contributed by atoms with Gasteiger partial charge in [0.2, 0.25) is 0 Å². The lowest BCUT2D eigenvalue weighted by Crippen LogP contribution is -2.12. The van der Waals surface area contributed by atoms with E-state index < -0.39 is 10.0 Å². The second-order valence-corrected chi connectivity index (χ2v) is 6.41. The number of aliphatic hydroxyl groups is 1. The molecule has 0 aliphatic carbocycles. The number of aliphatic hydroxyl groups excluding tert-OH is 1. The number of sulfonamides is 1. The summed E-state index contributed by atoms with van der Waals surface area (Å²) in [6.45, 7) is -0.224. The van der Waals surface area contributed by atoms with E-state index in [0.717, 1.165) is 4.90 Å². The molecule has 0 saturated heterocycles. The van der Waals surface area contributed by atoms with Gasteiger partial charge in [-0.15, -0.1) is 11.8 Å². The molecule has 3 N–H and O–H groups in total. The third-order valence-electron chi connectivity index (χ3n) is 2.54. The summed E-state index contributed by atoms with van der Waals surface area (Å²) in [4.78, 5) is 3.86. The first-order valence-electron chi connectivity index (χ1n) is 5.50. The zero-order valence-electron chi connectivity index (χ0n) is 10.3. The maximum absolute atomic E-state index is 12.1. The predicted molar refractivity (Wildman–Crippen MR) is 75.7 cm³/mol. The third kappa shape index (κ3) is 3.31. The number of rotatable bonds is 5. The van der Waals surface area contributed by atoms with Crippen LogP contribution in [0.1, 0.15) is 5.69 Å². The Morgan fingerprint density at radius 3 is 2.53 bits per heavy atom. The van der Waals surface area contributed by atoms with Crippen molar-refractivity contribution in [3.63, 3.8) is 0 Å². The summed E-state index contributed by atoms with van der Waals surface area (Å²) >= 11 is 1.59. The highest BCUT2D eigenvalue weighted by Gasteiger charge is 2.15. The number of thioether (sulfide) groups is 1. The number of nitrogens with one attached hydrogen (secondary N) is 2. The van der Waals surface area contributed by atoms with E-state index in [0.29, 0.717) is 11.4 Å². The summed E-state index contributed by atoms with van der Waals surface area (Å²) in [5.74, 6) is 0. The molecule has 1 aromatic carbocycles. The van der Waals surface area contributed by atoms with Crippen LogP contribution >= 0.6 is 11.8 Å². The topological polar surface area (TPSA) is 82.2 Å². The van der Waals surface area contributed by atoms with Crippen LogP contribution in [-0.4, -0.2) is 24.8 Å². The molecular formula is C12H14N2O3S2. The molecule has 2 aromatic rings. The van der Waals surface area contributed by atoms with Crippen LogP contribution in [-0.2, 0) is 16.6 Å². The first kappa shape index (κ1) is 14.0. The smallest absolute Gasteiger partial charge is 0.263 e. The Labute approximate surface area is 116 Å². The van der Waals surface area contributed by atoms with E-state index in [1.807, 2.05) is 18.4 Å². The summed E-state index contributed by atoms with van der Waals surface area (Å²) in [5.41, 5.74) is 0.961. The van der Waals surface area contributed by atoms with Gasteiger partial charge in [-0.3, -0.25) is 4.72 Å². The number of aromatic nitrogens is 1. The van der Waals surface area contributed by atoms with Crippen molar-refractivity contribution in [1.82, 2.24) is 4.98 Å². The van der Waals surface area contributed by atoms with Gasteiger partial charge in [-0.05, 0) is 36.6 Å². The quantitative estimate of drug-likeness (QED) is 0.738. The van der Waals surface area contributed by atoms with E-state index in [1.54, 1.807) is 23.9 Å². The fraction of sp³-hybridized carbons (Fsp3) is 0.167. The molecule has 1 aromatic heterocycles. The van der Waals surface area contributed by atoms with Crippen LogP contribution in [0.3, 0.4) is 0 Å². The van der Waals surface area contributed by atoms with E-state index in [1.165, 1.54) is 12.3 Å². The van der Waals surface area contributed by atoms with Gasteiger partial charge in [0.05, 0.1) is 6.61 Å². The van der Waals surface area contributed by atoms with Crippen LogP contribution in [0.5, 0.6) is 0 Å². The van der Waals surface area contributed by atoms with Crippen LogP contribution < -0.4 is 4.72 Å². The molecule has 5 nitrogen and oxygen atoms in total. The van der Waals surface area contributed by atoms with E-state index in [-0.39, 0.29) is 11.5 Å². The Bertz CT molecular complexity index is 648. The number of H-pyrrole nitrogens is 1. The summed E-state index contributed by atoms with van der Waals surface area (Å²) < 4.78 is 26.6. The maximum atomic E-state index is 12.1. The van der Waals surface area contributed by atoms with Crippen LogP contribution in [0.15, 0.2) is 46.3 Å². The molecular weight excluding hydrogens is 284 g/mol. The van der Waals surface area contributed by atoms with E-state index in [2.05, 4.69) is 9.71 Å². The summed E-state index contributed by atoms with van der Waals surface area (Å²) in [6.07, 6.45) is 3.31. The van der Waals surface area contributed by atoms with Crippen molar-refractivity contribution in [3.05, 3.63) is 42.2 Å². The third-order valence-corrected chi connectivity index (χ3v) is 4.64. The average Bonchev–Trinajstić information content (AvgIpc) is 2.89. The Morgan fingerprint density at radius 1 is 1.32 bits per heavy atom. The van der Waals surface area contributed by atoms with Crippen LogP contribution in [0.25, 0.3) is 0 Å². The molecule has 0 bridgehead atoms. The van der Waals surface area contributed by atoms with Gasteiger partial charge in [0.15, 0.2) is 0 Å². The molecule has 19 heavy (non-hydrogen) atoms. The first-order chi connectivity index (χ1) is 9.05. The maximum Gasteiger partial charge on any atom is 0.263 e. The average molecular weight is 298 g/mol. The predicted octanol–water partition coefficient (Wildman–Crippen LogP) is 2.03. The molecule has 0 saturated carbocycles. The second kappa shape index (κ2) is 5.68. The van der Waals surface area contributed by atoms with Crippen molar-refractivity contribution in [3.8, 4) is 0 Å². The molecule has 102 valence electrons. The normalized spacial score (nSPS) is 11.5. The van der Waals surface area contributed by atoms with Gasteiger partial charge in [-0.2, -0.15) is 0 Å². The van der Waals surface area contributed by atoms with Crippen LogP contribution in [0.4, 0.5) is 5.69 Å². The van der Waals surface area contributed by atoms with Crippen LogP contribution in [0.2, 0.25) is 0 Å². The number of hydrogen-bond acceptors (Lipinski definition) is 4. The van der Waals surface area contributed by atoms with Crippen molar-refractivity contribution < 1.29 is 13.5 Å². The van der Waals surface area contributed by atoms with E-state index in [9.17, 15) is 8.42 Å². The SMILES string of the molecule is CSc1ccc(NS(=O)(=O)c2c[nH]c(CO)c2)cc1. The van der Waals surface area contributed by atoms with Gasteiger partial charge in [-0.25, -0.2) is 8.42 Å². The van der Waals surface area contributed by atoms with Gasteiger partial charge >= 0.3 is 0 Å². The van der Waals surface area contributed by atoms with Crippen LogP contribution in [0, 0.1) is 0 Å². The minimum atomic E-state index is -3.62. The Kier molecular flexibility index (Phi) is 4.18. The Hall–Kier alpha value is -1.44. The molecule has 0 radical (unpaired) electrons. The molecule has 7 heteroatoms. The van der Waals surface area contributed by atoms with Crippen molar-refractivity contribution in [2.24, 2.45) is 0 Å². The fourth-order valence-electron chi connectivity index (χ4n) is 1.54. The van der Waals surface area contributed by atoms with Gasteiger partial charge in [0.1, 0.15) is 4.90 Å². The van der Waals surface area contributed by atoms with Crippen molar-refractivity contribution in [2.45, 2.75) is 16.4 Å². The summed E-state index contributed by atoms with van der Waals surface area (Å²) in [7, 11) is -3.62. The van der Waals surface area contributed by atoms with Gasteiger partial charge in [0.25, 0.3) is 10.0 Å². The number of anilines is 1. The highest BCUT2D eigenvalue weighted by molar-refractivity contribution is 7.98. The molecule has 0 fully saturated rings. The lowest BCUT2D eigenvalue weighted by molar-refractivity contribution is 0.277. The molecule has 0 atom stereocenters. The van der Waals surface area contributed by atoms with Gasteiger partial charge in [0, 0.05) is 22.5 Å². The Balaban J connectivity index is 2.20. The lowest BCUT2D eigenvalue weighted by Gasteiger charge is -2.06. The second-order valence-electron chi connectivity index (χ2n) is 3.85. The molecule has 0 aliphatic rings.